The number of ether oxygens (including phenoxy) is 2. The number of unbranched alkanes of at least 4 members (excludes halogenated alkanes) is 1. The van der Waals surface area contributed by atoms with Crippen molar-refractivity contribution in [1.82, 2.24) is 9.13 Å². The molecule has 4 heterocycles. The Kier molecular flexibility index (Phi) is 23.7. The van der Waals surface area contributed by atoms with Crippen molar-refractivity contribution in [1.29, 1.82) is 0 Å². The van der Waals surface area contributed by atoms with Gasteiger partial charge in [0.1, 0.15) is 10.0 Å². The molecule has 0 saturated heterocycles. The van der Waals surface area contributed by atoms with Gasteiger partial charge >= 0.3 is 0 Å². The molecule has 103 heavy (non-hydrogen) atoms. The molecule has 0 atom stereocenters. The van der Waals surface area contributed by atoms with E-state index < -0.39 is 0 Å². The van der Waals surface area contributed by atoms with Crippen molar-refractivity contribution in [2.24, 2.45) is 10.8 Å². The Morgan fingerprint density at radius 1 is 0.340 bits per heavy atom. The van der Waals surface area contributed by atoms with Crippen molar-refractivity contribution in [2.75, 3.05) is 13.2 Å². The Balaban J connectivity index is 0.000000734. The number of aromatic hydroxyl groups is 4. The van der Waals surface area contributed by atoms with Gasteiger partial charge in [-0.25, -0.2) is 0 Å². The minimum absolute atomic E-state index is 0. The van der Waals surface area contributed by atoms with Crippen LogP contribution in [0.4, 0.5) is 0 Å². The zero-order valence-corrected chi connectivity index (χ0v) is 71.2. The van der Waals surface area contributed by atoms with Crippen LogP contribution in [-0.4, -0.2) is 42.0 Å². The zero-order valence-electron chi connectivity index (χ0n) is 66.0. The summed E-state index contributed by atoms with van der Waals surface area (Å²) in [7, 11) is 0. The Labute approximate surface area is 644 Å². The first-order chi connectivity index (χ1) is 47.5. The quantitative estimate of drug-likeness (QED) is 0.0464. The second kappa shape index (κ2) is 30.6. The van der Waals surface area contributed by atoms with Gasteiger partial charge in [0.25, 0.3) is 11.5 Å². The van der Waals surface area contributed by atoms with Crippen LogP contribution in [0.5, 0.6) is 23.0 Å². The van der Waals surface area contributed by atoms with Gasteiger partial charge in [0.15, 0.2) is 24.7 Å². The minimum Gasteiger partial charge on any atom is -0.582 e. The van der Waals surface area contributed by atoms with Crippen LogP contribution in [-0.2, 0) is 58.3 Å². The van der Waals surface area contributed by atoms with Crippen LogP contribution < -0.4 is 0 Å². The van der Waals surface area contributed by atoms with Crippen LogP contribution in [0.25, 0.3) is 75.9 Å². The molecule has 0 saturated carbocycles. The molecule has 8 aromatic carbocycles. The minimum atomic E-state index is -0.122. The molecule has 0 spiro atoms. The van der Waals surface area contributed by atoms with Gasteiger partial charge in [-0.1, -0.05) is 189 Å². The molecule has 6 nitrogen and oxygen atoms in total. The first-order valence-corrected chi connectivity index (χ1v) is 38.5. The molecule has 0 radical (unpaired) electrons. The summed E-state index contributed by atoms with van der Waals surface area (Å²) < 4.78 is 15.3. The maximum atomic E-state index is 12.7. The normalized spacial score (nSPS) is 12.7. The van der Waals surface area contributed by atoms with E-state index in [1.807, 2.05) is 60.7 Å². The number of rotatable bonds is 15. The molecule has 0 aliphatic heterocycles. The number of benzene rings is 8. The molecule has 542 valence electrons. The molecule has 0 fully saturated rings. The van der Waals surface area contributed by atoms with Gasteiger partial charge in [-0.2, -0.15) is 49.2 Å². The van der Waals surface area contributed by atoms with E-state index >= 15 is 0 Å². The largest absolute Gasteiger partial charge is 0.582 e. The smallest absolute Gasteiger partial charge is 0.262 e. The third-order valence-corrected chi connectivity index (χ3v) is 21.7. The molecule has 4 aromatic heterocycles. The Morgan fingerprint density at radius 2 is 0.612 bits per heavy atom. The van der Waals surface area contributed by atoms with Crippen molar-refractivity contribution >= 4 is 66.3 Å². The summed E-state index contributed by atoms with van der Waals surface area (Å²) >= 11 is 3.19. The van der Waals surface area contributed by atoms with Crippen LogP contribution in [0.15, 0.2) is 181 Å². The van der Waals surface area contributed by atoms with Gasteiger partial charge in [-0.15, -0.1) is 46.9 Å². The van der Waals surface area contributed by atoms with Gasteiger partial charge in [0.2, 0.25) is 0 Å². The third-order valence-electron chi connectivity index (χ3n) is 19.8. The number of nitrogens with zero attached hydrogens (tertiary/aromatic N) is 2. The molecule has 0 amide bonds. The molecular formula is C94H116HfN2O4S2. The van der Waals surface area contributed by atoms with E-state index in [0.29, 0.717) is 13.2 Å². The topological polar surface area (TPSA) is 75.9 Å². The summed E-state index contributed by atoms with van der Waals surface area (Å²) in [6.07, 6.45) is 3.66. The first kappa shape index (κ1) is 79.7. The molecule has 12 rings (SSSR count). The van der Waals surface area contributed by atoms with Crippen molar-refractivity contribution in [2.45, 2.75) is 210 Å². The van der Waals surface area contributed by atoms with E-state index in [9.17, 15) is 10.2 Å². The fourth-order valence-corrected chi connectivity index (χ4v) is 16.8. The van der Waals surface area contributed by atoms with E-state index in [4.69, 9.17) is 9.47 Å². The summed E-state index contributed by atoms with van der Waals surface area (Å²) in [6, 6.07) is 60.7. The maximum Gasteiger partial charge on any atom is 0.262 e. The monoisotopic (exact) mass is 1580 g/mol. The summed E-state index contributed by atoms with van der Waals surface area (Å²) in [5.41, 5.74) is 17.5. The van der Waals surface area contributed by atoms with Gasteiger partial charge in [-0.05, 0) is 162 Å². The van der Waals surface area contributed by atoms with E-state index in [-0.39, 0.29) is 80.7 Å². The van der Waals surface area contributed by atoms with Crippen molar-refractivity contribution in [3.8, 4) is 55.3 Å². The summed E-state index contributed by atoms with van der Waals surface area (Å²) in [6.45, 7) is 59.2. The van der Waals surface area contributed by atoms with E-state index in [1.165, 1.54) is 54.9 Å². The van der Waals surface area contributed by atoms with Crippen molar-refractivity contribution < 1.29 is 45.5 Å². The van der Waals surface area contributed by atoms with Crippen LogP contribution in [0.1, 0.15) is 223 Å². The maximum absolute atomic E-state index is 12.7. The van der Waals surface area contributed by atoms with E-state index in [1.54, 1.807) is 22.7 Å². The standard InChI is InChI=1S/C80H100N2O4S2.2C7H7.Hf/c1-73(2,3)47-79(19,20)53-29-35-67(59(43-53)61-45-87-71(69(61)83)81-63-31-25-49(75(7,8)9)39-55(63)56-40-50(76(10,11)12)26-32-64(56)81)85-37-23-24-38-86-68-36-30-54(80(21,22)48-74(4,5)6)44-60(68)62-46-88-72(70(62)84)82-65-33-27-51(77(13,14)15)41-57(65)58-42-52(78(16,17)18)28-34-66(58)82;2*1-7-5-3-2-4-6-7;/h25-36,39-46,83-84H,23-24,37-38,47-48H2,1-22H3;2*2-6H,1H2;/q;2*-1;/p+2. The fourth-order valence-electron chi connectivity index (χ4n) is 14.8. The second-order valence-electron chi connectivity index (χ2n) is 36.4. The SMILES string of the molecule is CC(C)(C)CC(C)(C)c1ccc([OH+]CCCC[OH+]c2ccc(C(C)(C)CC(C)(C)C)cc2-c2csc(-n3c4ccc(C(C)(C)C)cc4c4cc(C(C)(C)C)ccc43)c2O)c(-c2csc(-n3c4ccc(C(C)(C)C)cc4c4cc(C(C)(C)C)ccc43)c2O)c1.[CH2-]c1ccccc1.[CH2-]c1ccccc1.[Hf]. The predicted molar refractivity (Wildman–Crippen MR) is 445 cm³/mol. The van der Waals surface area contributed by atoms with E-state index in [0.717, 1.165) is 103 Å². The third kappa shape index (κ3) is 18.5. The Hall–Kier alpha value is -7.43. The summed E-state index contributed by atoms with van der Waals surface area (Å²) in [5, 5.41) is 36.2. The average molecular weight is 1580 g/mol. The molecule has 0 aliphatic rings. The van der Waals surface area contributed by atoms with Crippen LogP contribution in [0.2, 0.25) is 0 Å². The summed E-state index contributed by atoms with van der Waals surface area (Å²) in [5.74, 6) is 2.31. The number of thiophene rings is 2. The number of fused-ring (bicyclic) bond motifs is 6. The van der Waals surface area contributed by atoms with Crippen LogP contribution >= 0.6 is 22.7 Å². The molecule has 0 bridgehead atoms. The van der Waals surface area contributed by atoms with Gasteiger partial charge < -0.3 is 19.7 Å². The van der Waals surface area contributed by atoms with Crippen LogP contribution in [0.3, 0.4) is 0 Å². The van der Waals surface area contributed by atoms with E-state index in [2.05, 4.69) is 295 Å². The van der Waals surface area contributed by atoms with Crippen molar-refractivity contribution in [3.05, 3.63) is 239 Å². The Bertz CT molecular complexity index is 4460. The summed E-state index contributed by atoms with van der Waals surface area (Å²) in [4.78, 5) is 0. The number of hydrogen-bond donors (Lipinski definition) is 2. The average Bonchev–Trinajstić information content (AvgIpc) is 1.58. The molecule has 0 aliphatic carbocycles. The second-order valence-corrected chi connectivity index (χ2v) is 38.1. The zero-order chi connectivity index (χ0) is 74.5. The predicted octanol–water partition coefficient (Wildman–Crippen LogP) is 27.1. The fraction of sp³-hybridized carbons (Fsp3) is 0.383. The number of hydrogen-bond acceptors (Lipinski definition) is 4. The van der Waals surface area contributed by atoms with Crippen molar-refractivity contribution in [3.63, 3.8) is 0 Å². The molecule has 4 N–H and O–H groups in total. The molecule has 12 aromatic rings. The van der Waals surface area contributed by atoms with Gasteiger partial charge in [-0.3, -0.25) is 9.13 Å². The van der Waals surface area contributed by atoms with Gasteiger partial charge in [0.05, 0.1) is 33.2 Å². The molecule has 0 unspecified atom stereocenters. The first-order valence-electron chi connectivity index (χ1n) is 36.7. The number of aromatic nitrogens is 2. The Morgan fingerprint density at radius 3 is 0.854 bits per heavy atom. The number of aliphatic hydroxyl groups is 2. The van der Waals surface area contributed by atoms with Crippen LogP contribution in [0, 0.1) is 24.7 Å². The molecule has 9 heteroatoms. The molecular weight excluding hydrogens is 1460 g/mol. The van der Waals surface area contributed by atoms with Gasteiger partial charge in [0, 0.05) is 94.2 Å².